The molecule has 1 aliphatic rings. The Labute approximate surface area is 91.3 Å². The van der Waals surface area contributed by atoms with Crippen molar-refractivity contribution in [1.82, 2.24) is 20.0 Å². The molecule has 0 radical (unpaired) electrons. The van der Waals surface area contributed by atoms with Crippen LogP contribution in [-0.2, 0) is 7.05 Å². The Morgan fingerprint density at radius 2 is 2.40 bits per heavy atom. The van der Waals surface area contributed by atoms with Gasteiger partial charge in [-0.15, -0.1) is 0 Å². The van der Waals surface area contributed by atoms with Gasteiger partial charge in [0.1, 0.15) is 0 Å². The number of piperazine rings is 1. The summed E-state index contributed by atoms with van der Waals surface area (Å²) in [4.78, 5) is 2.51. The fourth-order valence-corrected chi connectivity index (χ4v) is 2.18. The summed E-state index contributed by atoms with van der Waals surface area (Å²) in [6.07, 6.45) is 4.08. The molecular formula is C11H20N4. The maximum Gasteiger partial charge on any atom is 0.0537 e. The molecular weight excluding hydrogens is 188 g/mol. The van der Waals surface area contributed by atoms with Crippen molar-refractivity contribution in [2.24, 2.45) is 7.05 Å². The van der Waals surface area contributed by atoms with E-state index in [4.69, 9.17) is 0 Å². The lowest BCUT2D eigenvalue weighted by molar-refractivity contribution is 0.158. The van der Waals surface area contributed by atoms with Gasteiger partial charge in [-0.2, -0.15) is 5.10 Å². The minimum atomic E-state index is 0.475. The van der Waals surface area contributed by atoms with E-state index in [1.807, 2.05) is 17.9 Å². The SMILES string of the molecule is CC1CN(C(C)c2cnn(C)c2)CCN1. The van der Waals surface area contributed by atoms with Gasteiger partial charge in [0.15, 0.2) is 0 Å². The Hall–Kier alpha value is -0.870. The molecule has 4 heteroatoms. The molecule has 4 nitrogen and oxygen atoms in total. The Morgan fingerprint density at radius 3 is 3.00 bits per heavy atom. The van der Waals surface area contributed by atoms with Crippen LogP contribution < -0.4 is 5.32 Å². The topological polar surface area (TPSA) is 33.1 Å². The van der Waals surface area contributed by atoms with Gasteiger partial charge in [-0.25, -0.2) is 0 Å². The Bertz CT molecular complexity index is 320. The van der Waals surface area contributed by atoms with Crippen molar-refractivity contribution in [3.63, 3.8) is 0 Å². The highest BCUT2D eigenvalue weighted by Crippen LogP contribution is 2.20. The first-order chi connectivity index (χ1) is 7.16. The van der Waals surface area contributed by atoms with Gasteiger partial charge in [0.25, 0.3) is 0 Å². The summed E-state index contributed by atoms with van der Waals surface area (Å²) in [6.45, 7) is 7.83. The van der Waals surface area contributed by atoms with Crippen molar-refractivity contribution in [1.29, 1.82) is 0 Å². The van der Waals surface area contributed by atoms with E-state index in [9.17, 15) is 0 Å². The van der Waals surface area contributed by atoms with Crippen molar-refractivity contribution in [3.05, 3.63) is 18.0 Å². The van der Waals surface area contributed by atoms with E-state index in [-0.39, 0.29) is 0 Å². The molecule has 1 aromatic rings. The molecule has 0 spiro atoms. The third-order valence-corrected chi connectivity index (χ3v) is 3.16. The first kappa shape index (κ1) is 10.6. The van der Waals surface area contributed by atoms with Crippen molar-refractivity contribution in [2.75, 3.05) is 19.6 Å². The fourth-order valence-electron chi connectivity index (χ4n) is 2.18. The summed E-state index contributed by atoms with van der Waals surface area (Å²) in [5, 5.41) is 7.69. The second-order valence-electron chi connectivity index (χ2n) is 4.47. The average Bonchev–Trinajstić information content (AvgIpc) is 2.64. The van der Waals surface area contributed by atoms with Gasteiger partial charge in [0, 0.05) is 50.5 Å². The van der Waals surface area contributed by atoms with Crippen LogP contribution in [0.25, 0.3) is 0 Å². The number of nitrogens with zero attached hydrogens (tertiary/aromatic N) is 3. The third-order valence-electron chi connectivity index (χ3n) is 3.16. The summed E-state index contributed by atoms with van der Waals surface area (Å²) in [5.74, 6) is 0. The highest BCUT2D eigenvalue weighted by molar-refractivity contribution is 5.09. The van der Waals surface area contributed by atoms with Gasteiger partial charge in [-0.3, -0.25) is 9.58 Å². The van der Waals surface area contributed by atoms with E-state index in [1.54, 1.807) is 0 Å². The first-order valence-electron chi connectivity index (χ1n) is 5.63. The molecule has 0 saturated carbocycles. The van der Waals surface area contributed by atoms with Gasteiger partial charge in [0.05, 0.1) is 6.20 Å². The maximum absolute atomic E-state index is 4.23. The Morgan fingerprint density at radius 1 is 1.60 bits per heavy atom. The van der Waals surface area contributed by atoms with Crippen LogP contribution in [0.15, 0.2) is 12.4 Å². The van der Waals surface area contributed by atoms with E-state index in [1.165, 1.54) is 5.56 Å². The van der Waals surface area contributed by atoms with Crippen LogP contribution in [0.1, 0.15) is 25.5 Å². The number of hydrogen-bond donors (Lipinski definition) is 1. The van der Waals surface area contributed by atoms with Gasteiger partial charge >= 0.3 is 0 Å². The molecule has 0 aromatic carbocycles. The molecule has 1 fully saturated rings. The number of aryl methyl sites for hydroxylation is 1. The molecule has 2 rings (SSSR count). The zero-order valence-corrected chi connectivity index (χ0v) is 9.77. The smallest absolute Gasteiger partial charge is 0.0537 e. The van der Waals surface area contributed by atoms with E-state index >= 15 is 0 Å². The molecule has 1 N–H and O–H groups in total. The minimum Gasteiger partial charge on any atom is -0.312 e. The summed E-state index contributed by atoms with van der Waals surface area (Å²) in [7, 11) is 1.97. The van der Waals surface area contributed by atoms with Crippen LogP contribution >= 0.6 is 0 Å². The Balaban J connectivity index is 2.03. The molecule has 2 atom stereocenters. The van der Waals surface area contributed by atoms with Crippen molar-refractivity contribution < 1.29 is 0 Å². The van der Waals surface area contributed by atoms with Gasteiger partial charge < -0.3 is 5.32 Å². The largest absolute Gasteiger partial charge is 0.312 e. The molecule has 0 amide bonds. The summed E-state index contributed by atoms with van der Waals surface area (Å²) in [5.41, 5.74) is 1.31. The lowest BCUT2D eigenvalue weighted by Gasteiger charge is -2.35. The molecule has 84 valence electrons. The number of rotatable bonds is 2. The monoisotopic (exact) mass is 208 g/mol. The van der Waals surface area contributed by atoms with Crippen LogP contribution in [0.5, 0.6) is 0 Å². The summed E-state index contributed by atoms with van der Waals surface area (Å²) >= 11 is 0. The number of nitrogens with one attached hydrogen (secondary N) is 1. The van der Waals surface area contributed by atoms with E-state index in [0.29, 0.717) is 12.1 Å². The lowest BCUT2D eigenvalue weighted by atomic mass is 10.1. The standard InChI is InChI=1S/C11H20N4/c1-9-7-15(5-4-12-9)10(2)11-6-13-14(3)8-11/h6,8-10,12H,4-5,7H2,1-3H3. The average molecular weight is 208 g/mol. The van der Waals surface area contributed by atoms with E-state index in [0.717, 1.165) is 19.6 Å². The molecule has 2 unspecified atom stereocenters. The summed E-state index contributed by atoms with van der Waals surface area (Å²) in [6, 6.07) is 1.07. The normalized spacial score (nSPS) is 25.4. The Kier molecular flexibility index (Phi) is 3.07. The zero-order valence-electron chi connectivity index (χ0n) is 9.77. The fraction of sp³-hybridized carbons (Fsp3) is 0.727. The maximum atomic E-state index is 4.23. The van der Waals surface area contributed by atoms with Crippen LogP contribution in [0.4, 0.5) is 0 Å². The second kappa shape index (κ2) is 4.33. The summed E-state index contributed by atoms with van der Waals surface area (Å²) < 4.78 is 1.87. The van der Waals surface area contributed by atoms with Crippen molar-refractivity contribution >= 4 is 0 Å². The quantitative estimate of drug-likeness (QED) is 0.779. The van der Waals surface area contributed by atoms with E-state index < -0.39 is 0 Å². The molecule has 1 aliphatic heterocycles. The molecule has 15 heavy (non-hydrogen) atoms. The van der Waals surface area contributed by atoms with Crippen molar-refractivity contribution in [3.8, 4) is 0 Å². The molecule has 1 saturated heterocycles. The van der Waals surface area contributed by atoms with Crippen molar-refractivity contribution in [2.45, 2.75) is 25.9 Å². The second-order valence-corrected chi connectivity index (χ2v) is 4.47. The minimum absolute atomic E-state index is 0.475. The highest BCUT2D eigenvalue weighted by atomic mass is 15.3. The molecule has 0 bridgehead atoms. The molecule has 1 aromatic heterocycles. The predicted octanol–water partition coefficient (Wildman–Crippen LogP) is 0.775. The van der Waals surface area contributed by atoms with Crippen LogP contribution in [-0.4, -0.2) is 40.4 Å². The molecule has 0 aliphatic carbocycles. The number of hydrogen-bond acceptors (Lipinski definition) is 3. The van der Waals surface area contributed by atoms with Crippen LogP contribution in [0.2, 0.25) is 0 Å². The lowest BCUT2D eigenvalue weighted by Crippen LogP contribution is -2.49. The van der Waals surface area contributed by atoms with Gasteiger partial charge in [-0.05, 0) is 13.8 Å². The number of aromatic nitrogens is 2. The van der Waals surface area contributed by atoms with Gasteiger partial charge in [0.2, 0.25) is 0 Å². The molecule has 2 heterocycles. The van der Waals surface area contributed by atoms with Gasteiger partial charge in [-0.1, -0.05) is 0 Å². The zero-order chi connectivity index (χ0) is 10.8. The van der Waals surface area contributed by atoms with Crippen LogP contribution in [0.3, 0.4) is 0 Å². The predicted molar refractivity (Wildman–Crippen MR) is 60.7 cm³/mol. The highest BCUT2D eigenvalue weighted by Gasteiger charge is 2.21. The first-order valence-corrected chi connectivity index (χ1v) is 5.63. The van der Waals surface area contributed by atoms with E-state index in [2.05, 4.69) is 35.4 Å². The van der Waals surface area contributed by atoms with Crippen LogP contribution in [0, 0.1) is 0 Å². The third kappa shape index (κ3) is 2.38.